The normalized spacial score (nSPS) is 10.2. The molecule has 3 N–H and O–H groups in total. The summed E-state index contributed by atoms with van der Waals surface area (Å²) in [6, 6.07) is 8.94. The van der Waals surface area contributed by atoms with Gasteiger partial charge in [0.05, 0.1) is 12.1 Å². The summed E-state index contributed by atoms with van der Waals surface area (Å²) in [5.41, 5.74) is 5.16. The molecule has 0 fully saturated rings. The third kappa shape index (κ3) is 2.98. The van der Waals surface area contributed by atoms with Crippen LogP contribution in [0.15, 0.2) is 40.8 Å². The molecule has 2 aromatic rings. The van der Waals surface area contributed by atoms with E-state index in [9.17, 15) is 14.0 Å². The first kappa shape index (κ1) is 12.8. The van der Waals surface area contributed by atoms with Crippen molar-refractivity contribution in [3.8, 4) is 11.3 Å². The van der Waals surface area contributed by atoms with E-state index >= 15 is 0 Å². The molecule has 1 aromatic heterocycles. The van der Waals surface area contributed by atoms with Gasteiger partial charge in [-0.3, -0.25) is 9.59 Å². The van der Waals surface area contributed by atoms with Crippen LogP contribution in [0.1, 0.15) is 10.6 Å². The van der Waals surface area contributed by atoms with Crippen LogP contribution in [0.25, 0.3) is 11.3 Å². The number of hydrogen-bond donors (Lipinski definition) is 2. The van der Waals surface area contributed by atoms with E-state index in [-0.39, 0.29) is 23.6 Å². The summed E-state index contributed by atoms with van der Waals surface area (Å²) < 4.78 is 18.8. The molecule has 0 saturated heterocycles. The lowest BCUT2D eigenvalue weighted by atomic mass is 10.1. The molecule has 98 valence electrons. The maximum absolute atomic E-state index is 13.5. The minimum Gasteiger partial charge on any atom is -0.451 e. The molecule has 1 aromatic carbocycles. The number of nitrogens with two attached hydrogens (primary N) is 1. The number of rotatable bonds is 4. The molecule has 5 nitrogen and oxygen atoms in total. The van der Waals surface area contributed by atoms with E-state index in [1.54, 1.807) is 18.2 Å². The fourth-order valence-corrected chi connectivity index (χ4v) is 1.52. The zero-order valence-corrected chi connectivity index (χ0v) is 9.85. The third-order valence-corrected chi connectivity index (χ3v) is 2.39. The summed E-state index contributed by atoms with van der Waals surface area (Å²) in [5.74, 6) is -1.46. The highest BCUT2D eigenvalue weighted by molar-refractivity contribution is 5.94. The number of furan rings is 1. The first-order valence-corrected chi connectivity index (χ1v) is 5.49. The van der Waals surface area contributed by atoms with Crippen molar-refractivity contribution in [1.29, 1.82) is 0 Å². The van der Waals surface area contributed by atoms with Crippen LogP contribution in [0.2, 0.25) is 0 Å². The Hall–Kier alpha value is -2.63. The molecule has 2 amide bonds. The van der Waals surface area contributed by atoms with Crippen molar-refractivity contribution in [1.82, 2.24) is 5.32 Å². The molecule has 0 spiro atoms. The van der Waals surface area contributed by atoms with Gasteiger partial charge in [0, 0.05) is 0 Å². The second-order valence-electron chi connectivity index (χ2n) is 3.79. The monoisotopic (exact) mass is 262 g/mol. The van der Waals surface area contributed by atoms with Crippen molar-refractivity contribution in [2.24, 2.45) is 5.73 Å². The molecule has 0 unspecified atom stereocenters. The molecule has 0 bridgehead atoms. The van der Waals surface area contributed by atoms with Crippen molar-refractivity contribution in [3.63, 3.8) is 0 Å². The number of halogens is 1. The van der Waals surface area contributed by atoms with Gasteiger partial charge >= 0.3 is 0 Å². The second-order valence-corrected chi connectivity index (χ2v) is 3.79. The number of carbonyl (C=O) groups is 2. The van der Waals surface area contributed by atoms with E-state index in [1.807, 2.05) is 0 Å². The first-order chi connectivity index (χ1) is 9.08. The number of amides is 2. The lowest BCUT2D eigenvalue weighted by Gasteiger charge is -2.00. The first-order valence-electron chi connectivity index (χ1n) is 5.49. The van der Waals surface area contributed by atoms with Crippen molar-refractivity contribution in [2.75, 3.05) is 6.54 Å². The molecule has 0 saturated carbocycles. The van der Waals surface area contributed by atoms with Gasteiger partial charge in [0.25, 0.3) is 5.91 Å². The Labute approximate surface area is 108 Å². The van der Waals surface area contributed by atoms with Gasteiger partial charge in [-0.1, -0.05) is 12.1 Å². The molecule has 0 radical (unpaired) electrons. The standard InChI is InChI=1S/C13H11FN2O3/c14-9-4-2-1-3-8(9)10-5-6-11(19-10)13(18)16-7-12(15)17/h1-6H,7H2,(H2,15,17)(H,16,18). The summed E-state index contributed by atoms with van der Waals surface area (Å²) >= 11 is 0. The predicted molar refractivity (Wildman–Crippen MR) is 65.6 cm³/mol. The smallest absolute Gasteiger partial charge is 0.287 e. The molecule has 0 aliphatic rings. The van der Waals surface area contributed by atoms with Crippen LogP contribution in [-0.4, -0.2) is 18.4 Å². The summed E-state index contributed by atoms with van der Waals surface area (Å²) in [7, 11) is 0. The van der Waals surface area contributed by atoms with E-state index in [2.05, 4.69) is 5.32 Å². The molecule has 6 heteroatoms. The minimum absolute atomic E-state index is 0.0143. The van der Waals surface area contributed by atoms with E-state index in [4.69, 9.17) is 10.2 Å². The Morgan fingerprint density at radius 3 is 2.63 bits per heavy atom. The van der Waals surface area contributed by atoms with Gasteiger partial charge in [-0.25, -0.2) is 4.39 Å². The Bertz CT molecular complexity index is 622. The van der Waals surface area contributed by atoms with Gasteiger partial charge in [-0.05, 0) is 24.3 Å². The van der Waals surface area contributed by atoms with E-state index < -0.39 is 17.6 Å². The summed E-state index contributed by atoms with van der Waals surface area (Å²) in [5, 5.41) is 2.28. The Balaban J connectivity index is 2.18. The highest BCUT2D eigenvalue weighted by atomic mass is 19.1. The zero-order chi connectivity index (χ0) is 13.8. The minimum atomic E-state index is -0.658. The van der Waals surface area contributed by atoms with Gasteiger partial charge < -0.3 is 15.5 Å². The number of primary amides is 1. The van der Waals surface area contributed by atoms with Crippen molar-refractivity contribution in [3.05, 3.63) is 48.0 Å². The molecule has 0 atom stereocenters. The highest BCUT2D eigenvalue weighted by Gasteiger charge is 2.14. The number of hydrogen-bond acceptors (Lipinski definition) is 3. The number of nitrogens with one attached hydrogen (secondary N) is 1. The van der Waals surface area contributed by atoms with E-state index in [0.717, 1.165) is 0 Å². The largest absolute Gasteiger partial charge is 0.451 e. The summed E-state index contributed by atoms with van der Waals surface area (Å²) in [6.45, 7) is -0.283. The Morgan fingerprint density at radius 2 is 1.95 bits per heavy atom. The molecule has 0 aliphatic heterocycles. The molecule has 1 heterocycles. The molecule has 19 heavy (non-hydrogen) atoms. The average molecular weight is 262 g/mol. The predicted octanol–water partition coefficient (Wildman–Crippen LogP) is 1.30. The lowest BCUT2D eigenvalue weighted by Crippen LogP contribution is -2.33. The van der Waals surface area contributed by atoms with Crippen LogP contribution >= 0.6 is 0 Å². The van der Waals surface area contributed by atoms with Crippen molar-refractivity contribution >= 4 is 11.8 Å². The van der Waals surface area contributed by atoms with Gasteiger partial charge in [-0.2, -0.15) is 0 Å². The number of carbonyl (C=O) groups excluding carboxylic acids is 2. The zero-order valence-electron chi connectivity index (χ0n) is 9.85. The van der Waals surface area contributed by atoms with Crippen molar-refractivity contribution < 1.29 is 18.4 Å². The maximum Gasteiger partial charge on any atom is 0.287 e. The molecular formula is C13H11FN2O3. The fraction of sp³-hybridized carbons (Fsp3) is 0.0769. The number of benzene rings is 1. The third-order valence-electron chi connectivity index (χ3n) is 2.39. The summed E-state index contributed by atoms with van der Waals surface area (Å²) in [4.78, 5) is 22.1. The van der Waals surface area contributed by atoms with Crippen LogP contribution in [0.3, 0.4) is 0 Å². The highest BCUT2D eigenvalue weighted by Crippen LogP contribution is 2.24. The topological polar surface area (TPSA) is 85.3 Å². The average Bonchev–Trinajstić information content (AvgIpc) is 2.86. The van der Waals surface area contributed by atoms with Gasteiger partial charge in [-0.15, -0.1) is 0 Å². The van der Waals surface area contributed by atoms with Gasteiger partial charge in [0.1, 0.15) is 11.6 Å². The van der Waals surface area contributed by atoms with Crippen LogP contribution in [0.5, 0.6) is 0 Å². The van der Waals surface area contributed by atoms with Crippen LogP contribution in [-0.2, 0) is 4.79 Å². The quantitative estimate of drug-likeness (QED) is 0.870. The lowest BCUT2D eigenvalue weighted by molar-refractivity contribution is -0.117. The molecular weight excluding hydrogens is 251 g/mol. The SMILES string of the molecule is NC(=O)CNC(=O)c1ccc(-c2ccccc2F)o1. The Morgan fingerprint density at radius 1 is 1.21 bits per heavy atom. The van der Waals surface area contributed by atoms with Crippen molar-refractivity contribution in [2.45, 2.75) is 0 Å². The van der Waals surface area contributed by atoms with Crippen LogP contribution < -0.4 is 11.1 Å². The Kier molecular flexibility index (Phi) is 3.61. The maximum atomic E-state index is 13.5. The van der Waals surface area contributed by atoms with Gasteiger partial charge in [0.2, 0.25) is 5.91 Å². The fourth-order valence-electron chi connectivity index (χ4n) is 1.52. The molecule has 2 rings (SSSR count). The summed E-state index contributed by atoms with van der Waals surface area (Å²) in [6.07, 6.45) is 0. The van der Waals surface area contributed by atoms with E-state index in [0.29, 0.717) is 0 Å². The van der Waals surface area contributed by atoms with Gasteiger partial charge in [0.15, 0.2) is 5.76 Å². The van der Waals surface area contributed by atoms with Crippen LogP contribution in [0.4, 0.5) is 4.39 Å². The molecule has 0 aliphatic carbocycles. The van der Waals surface area contributed by atoms with E-state index in [1.165, 1.54) is 18.2 Å². The second kappa shape index (κ2) is 5.34. The van der Waals surface area contributed by atoms with Crippen LogP contribution in [0, 0.1) is 5.82 Å².